The summed E-state index contributed by atoms with van der Waals surface area (Å²) in [5.74, 6) is 0.628. The smallest absolute Gasteiger partial charge is 0.269 e. The lowest BCUT2D eigenvalue weighted by Crippen LogP contribution is -2.34. The molecule has 0 bridgehead atoms. The van der Waals surface area contributed by atoms with Gasteiger partial charge in [-0.1, -0.05) is 0 Å². The molecule has 0 aromatic carbocycles. The van der Waals surface area contributed by atoms with Gasteiger partial charge in [0.2, 0.25) is 0 Å². The molecule has 13 heavy (non-hydrogen) atoms. The molecule has 1 heterocycles. The molecule has 1 aliphatic carbocycles. The average molecular weight is 179 g/mol. The number of hydrogen-bond donors (Lipinski definition) is 2. The molecule has 1 fully saturated rings. The lowest BCUT2D eigenvalue weighted by molar-refractivity contribution is 0.0931. The summed E-state index contributed by atoms with van der Waals surface area (Å²) >= 11 is 0. The van der Waals surface area contributed by atoms with Crippen LogP contribution in [-0.2, 0) is 0 Å². The Labute approximate surface area is 76.7 Å². The highest BCUT2D eigenvalue weighted by Crippen LogP contribution is 2.32. The van der Waals surface area contributed by atoms with E-state index in [1.807, 2.05) is 6.92 Å². The monoisotopic (exact) mass is 179 g/mol. The minimum Gasteiger partial charge on any atom is -0.348 e. The van der Waals surface area contributed by atoms with Crippen LogP contribution in [0.3, 0.4) is 0 Å². The molecule has 4 heteroatoms. The molecular formula is C9H13N3O. The summed E-state index contributed by atoms with van der Waals surface area (Å²) in [5, 5.41) is 9.30. The number of nitrogens with zero attached hydrogens (tertiary/aromatic N) is 1. The predicted octanol–water partition coefficient (Wildman–Crippen LogP) is 0.938. The van der Waals surface area contributed by atoms with Gasteiger partial charge in [-0.25, -0.2) is 0 Å². The molecule has 2 rings (SSSR count). The van der Waals surface area contributed by atoms with Gasteiger partial charge in [-0.15, -0.1) is 0 Å². The van der Waals surface area contributed by atoms with Gasteiger partial charge >= 0.3 is 0 Å². The lowest BCUT2D eigenvalue weighted by Gasteiger charge is -2.11. The average Bonchev–Trinajstić information content (AvgIpc) is 2.81. The van der Waals surface area contributed by atoms with Crippen LogP contribution in [0.5, 0.6) is 0 Å². The van der Waals surface area contributed by atoms with E-state index in [4.69, 9.17) is 0 Å². The molecule has 1 amide bonds. The first-order valence-corrected chi connectivity index (χ1v) is 4.57. The van der Waals surface area contributed by atoms with Crippen molar-refractivity contribution >= 4 is 5.91 Å². The summed E-state index contributed by atoms with van der Waals surface area (Å²) in [5.41, 5.74) is 0.535. The molecule has 4 nitrogen and oxygen atoms in total. The fourth-order valence-electron chi connectivity index (χ4n) is 1.38. The molecule has 0 saturated heterocycles. The second-order valence-corrected chi connectivity index (χ2v) is 3.57. The van der Waals surface area contributed by atoms with Gasteiger partial charge in [0, 0.05) is 12.2 Å². The van der Waals surface area contributed by atoms with Crippen molar-refractivity contribution in [2.75, 3.05) is 0 Å². The van der Waals surface area contributed by atoms with Crippen molar-refractivity contribution in [3.8, 4) is 0 Å². The van der Waals surface area contributed by atoms with Gasteiger partial charge in [-0.05, 0) is 31.7 Å². The highest BCUT2D eigenvalue weighted by molar-refractivity contribution is 5.92. The maximum Gasteiger partial charge on any atom is 0.269 e. The Hall–Kier alpha value is -1.32. The third-order valence-electron chi connectivity index (χ3n) is 2.43. The van der Waals surface area contributed by atoms with E-state index in [1.165, 1.54) is 12.8 Å². The van der Waals surface area contributed by atoms with Crippen molar-refractivity contribution in [2.45, 2.75) is 25.8 Å². The van der Waals surface area contributed by atoms with Crippen molar-refractivity contribution in [3.63, 3.8) is 0 Å². The zero-order valence-corrected chi connectivity index (χ0v) is 7.58. The fraction of sp³-hybridized carbons (Fsp3) is 0.556. The molecule has 70 valence electrons. The highest BCUT2D eigenvalue weighted by atomic mass is 16.2. The molecule has 1 aliphatic rings. The zero-order valence-electron chi connectivity index (χ0n) is 7.58. The van der Waals surface area contributed by atoms with E-state index < -0.39 is 0 Å². The number of amides is 1. The van der Waals surface area contributed by atoms with Crippen molar-refractivity contribution in [2.24, 2.45) is 5.92 Å². The van der Waals surface area contributed by atoms with Gasteiger partial charge in [-0.2, -0.15) is 5.10 Å². The van der Waals surface area contributed by atoms with Crippen molar-refractivity contribution in [1.82, 2.24) is 15.5 Å². The van der Waals surface area contributed by atoms with E-state index in [1.54, 1.807) is 12.3 Å². The van der Waals surface area contributed by atoms with Gasteiger partial charge < -0.3 is 5.32 Å². The van der Waals surface area contributed by atoms with Gasteiger partial charge in [-0.3, -0.25) is 9.89 Å². The van der Waals surface area contributed by atoms with Crippen LogP contribution in [0, 0.1) is 5.92 Å². The first-order chi connectivity index (χ1) is 6.27. The third kappa shape index (κ3) is 1.88. The lowest BCUT2D eigenvalue weighted by atomic mass is 10.2. The van der Waals surface area contributed by atoms with E-state index in [2.05, 4.69) is 15.5 Å². The summed E-state index contributed by atoms with van der Waals surface area (Å²) < 4.78 is 0. The van der Waals surface area contributed by atoms with Crippen LogP contribution < -0.4 is 5.32 Å². The second-order valence-electron chi connectivity index (χ2n) is 3.57. The van der Waals surface area contributed by atoms with Gasteiger partial charge in [0.1, 0.15) is 5.69 Å². The quantitative estimate of drug-likeness (QED) is 0.725. The van der Waals surface area contributed by atoms with E-state index >= 15 is 0 Å². The molecule has 2 N–H and O–H groups in total. The number of H-pyrrole nitrogens is 1. The first kappa shape index (κ1) is 8.29. The Bertz CT molecular complexity index is 290. The van der Waals surface area contributed by atoms with Crippen LogP contribution in [0.1, 0.15) is 30.3 Å². The maximum atomic E-state index is 11.5. The van der Waals surface area contributed by atoms with Crippen molar-refractivity contribution < 1.29 is 4.79 Å². The standard InChI is InChI=1S/C9H13N3O/c1-6(7-2-3-7)11-9(13)8-4-5-10-12-8/h4-7H,2-3H2,1H3,(H,10,12)(H,11,13). The summed E-state index contributed by atoms with van der Waals surface area (Å²) in [6.07, 6.45) is 4.06. The zero-order chi connectivity index (χ0) is 9.26. The number of aromatic amines is 1. The van der Waals surface area contributed by atoms with Gasteiger partial charge in [0.15, 0.2) is 0 Å². The van der Waals surface area contributed by atoms with Crippen LogP contribution in [0.15, 0.2) is 12.3 Å². The summed E-state index contributed by atoms with van der Waals surface area (Å²) in [6, 6.07) is 1.96. The molecule has 1 saturated carbocycles. The van der Waals surface area contributed by atoms with Crippen LogP contribution in [0.4, 0.5) is 0 Å². The SMILES string of the molecule is CC(NC(=O)c1ccn[nH]1)C1CC1. The Balaban J connectivity index is 1.91. The summed E-state index contributed by atoms with van der Waals surface area (Å²) in [4.78, 5) is 11.5. The third-order valence-corrected chi connectivity index (χ3v) is 2.43. The van der Waals surface area contributed by atoms with E-state index in [-0.39, 0.29) is 11.9 Å². The second kappa shape index (κ2) is 3.20. The number of aromatic nitrogens is 2. The largest absolute Gasteiger partial charge is 0.348 e. The fourth-order valence-corrected chi connectivity index (χ4v) is 1.38. The Morgan fingerprint density at radius 1 is 1.77 bits per heavy atom. The van der Waals surface area contributed by atoms with E-state index in [0.717, 1.165) is 0 Å². The number of rotatable bonds is 3. The Morgan fingerprint density at radius 3 is 3.08 bits per heavy atom. The maximum absolute atomic E-state index is 11.5. The number of carbonyl (C=O) groups excluding carboxylic acids is 1. The van der Waals surface area contributed by atoms with E-state index in [9.17, 15) is 4.79 Å². The minimum absolute atomic E-state index is 0.0584. The molecule has 1 aromatic heterocycles. The predicted molar refractivity (Wildman–Crippen MR) is 48.2 cm³/mol. The summed E-state index contributed by atoms with van der Waals surface area (Å²) in [6.45, 7) is 2.05. The van der Waals surface area contributed by atoms with Crippen molar-refractivity contribution in [1.29, 1.82) is 0 Å². The van der Waals surface area contributed by atoms with Crippen LogP contribution in [0.2, 0.25) is 0 Å². The highest BCUT2D eigenvalue weighted by Gasteiger charge is 2.29. The molecular weight excluding hydrogens is 166 g/mol. The Kier molecular flexibility index (Phi) is 2.04. The van der Waals surface area contributed by atoms with Gasteiger partial charge in [0.05, 0.1) is 0 Å². The molecule has 0 spiro atoms. The topological polar surface area (TPSA) is 57.8 Å². The molecule has 1 atom stereocenters. The first-order valence-electron chi connectivity index (χ1n) is 4.57. The molecule has 1 aromatic rings. The number of hydrogen-bond acceptors (Lipinski definition) is 2. The normalized spacial score (nSPS) is 18.2. The van der Waals surface area contributed by atoms with Gasteiger partial charge in [0.25, 0.3) is 5.91 Å². The molecule has 0 aliphatic heterocycles. The number of nitrogens with one attached hydrogen (secondary N) is 2. The molecule has 0 radical (unpaired) electrons. The van der Waals surface area contributed by atoms with Crippen LogP contribution >= 0.6 is 0 Å². The Morgan fingerprint density at radius 2 is 2.54 bits per heavy atom. The number of carbonyl (C=O) groups is 1. The molecule has 1 unspecified atom stereocenters. The van der Waals surface area contributed by atoms with Crippen molar-refractivity contribution in [3.05, 3.63) is 18.0 Å². The summed E-state index contributed by atoms with van der Waals surface area (Å²) in [7, 11) is 0. The van der Waals surface area contributed by atoms with Crippen LogP contribution in [-0.4, -0.2) is 22.1 Å². The van der Waals surface area contributed by atoms with E-state index in [0.29, 0.717) is 11.6 Å². The minimum atomic E-state index is -0.0584. The van der Waals surface area contributed by atoms with Crippen LogP contribution in [0.25, 0.3) is 0 Å².